The molecule has 3 aliphatic rings. The second-order valence-corrected chi connectivity index (χ2v) is 7.04. The van der Waals surface area contributed by atoms with Crippen molar-refractivity contribution >= 4 is 17.5 Å². The van der Waals surface area contributed by atoms with Crippen molar-refractivity contribution < 1.29 is 14.3 Å². The molecular weight excluding hydrogens is 318 g/mol. The third-order valence-corrected chi connectivity index (χ3v) is 5.30. The average Bonchev–Trinajstić information content (AvgIpc) is 3.53. The molecule has 2 aliphatic heterocycles. The second kappa shape index (κ2) is 7.04. The molecule has 1 aromatic rings. The molecule has 134 valence electrons. The molecule has 0 atom stereocenters. The molecule has 6 nitrogen and oxygen atoms in total. The van der Waals surface area contributed by atoms with Crippen molar-refractivity contribution in [3.05, 3.63) is 29.8 Å². The Morgan fingerprint density at radius 1 is 0.840 bits per heavy atom. The zero-order valence-electron chi connectivity index (χ0n) is 14.5. The lowest BCUT2D eigenvalue weighted by molar-refractivity contribution is -0.132. The summed E-state index contributed by atoms with van der Waals surface area (Å²) in [6, 6.07) is 7.86. The number of hydrogen-bond donors (Lipinski definition) is 0. The van der Waals surface area contributed by atoms with E-state index >= 15 is 0 Å². The van der Waals surface area contributed by atoms with Gasteiger partial charge in [-0.25, -0.2) is 0 Å². The van der Waals surface area contributed by atoms with Gasteiger partial charge in [-0.05, 0) is 37.1 Å². The Hall–Kier alpha value is -2.08. The van der Waals surface area contributed by atoms with Gasteiger partial charge in [0.25, 0.3) is 5.91 Å². The molecule has 1 aliphatic carbocycles. The number of rotatable bonds is 3. The molecular formula is C19H25N3O3. The van der Waals surface area contributed by atoms with Crippen LogP contribution in [0, 0.1) is 5.92 Å². The Labute approximate surface area is 148 Å². The molecule has 1 saturated carbocycles. The van der Waals surface area contributed by atoms with Crippen LogP contribution in [0.3, 0.4) is 0 Å². The van der Waals surface area contributed by atoms with Gasteiger partial charge in [-0.15, -0.1) is 0 Å². The van der Waals surface area contributed by atoms with Crippen molar-refractivity contribution in [2.45, 2.75) is 12.8 Å². The van der Waals surface area contributed by atoms with E-state index in [1.165, 1.54) is 0 Å². The maximum Gasteiger partial charge on any atom is 0.254 e. The Morgan fingerprint density at radius 2 is 1.48 bits per heavy atom. The number of carbonyl (C=O) groups is 2. The van der Waals surface area contributed by atoms with E-state index in [1.54, 1.807) is 0 Å². The fourth-order valence-electron chi connectivity index (χ4n) is 3.54. The molecule has 2 amide bonds. The van der Waals surface area contributed by atoms with Gasteiger partial charge in [0, 0.05) is 56.4 Å². The molecule has 0 spiro atoms. The third-order valence-electron chi connectivity index (χ3n) is 5.30. The highest BCUT2D eigenvalue weighted by Gasteiger charge is 2.34. The number of benzene rings is 1. The molecule has 25 heavy (non-hydrogen) atoms. The van der Waals surface area contributed by atoms with E-state index < -0.39 is 0 Å². The predicted octanol–water partition coefficient (Wildman–Crippen LogP) is 1.22. The maximum absolute atomic E-state index is 12.5. The first-order valence-electron chi connectivity index (χ1n) is 9.23. The van der Waals surface area contributed by atoms with Gasteiger partial charge in [0.15, 0.2) is 0 Å². The normalized spacial score (nSPS) is 21.4. The molecule has 0 unspecified atom stereocenters. The SMILES string of the molecule is O=C(c1ccc(N2CCN(C(=O)C3CC3)CC2)cc1)N1CCOCC1. The first-order chi connectivity index (χ1) is 12.2. The summed E-state index contributed by atoms with van der Waals surface area (Å²) in [5.74, 6) is 0.720. The van der Waals surface area contributed by atoms with E-state index in [4.69, 9.17) is 4.74 Å². The zero-order valence-corrected chi connectivity index (χ0v) is 14.5. The molecule has 0 radical (unpaired) electrons. The number of nitrogens with zero attached hydrogens (tertiary/aromatic N) is 3. The molecule has 3 fully saturated rings. The summed E-state index contributed by atoms with van der Waals surface area (Å²) in [6.07, 6.45) is 2.13. The molecule has 4 rings (SSSR count). The van der Waals surface area contributed by atoms with E-state index in [9.17, 15) is 9.59 Å². The van der Waals surface area contributed by atoms with E-state index in [0.717, 1.165) is 50.3 Å². The molecule has 6 heteroatoms. The van der Waals surface area contributed by atoms with E-state index in [0.29, 0.717) is 38.1 Å². The first kappa shape index (κ1) is 16.4. The first-order valence-corrected chi connectivity index (χ1v) is 9.23. The largest absolute Gasteiger partial charge is 0.378 e. The van der Waals surface area contributed by atoms with Crippen molar-refractivity contribution in [2.24, 2.45) is 5.92 Å². The summed E-state index contributed by atoms with van der Waals surface area (Å²) in [7, 11) is 0. The zero-order chi connectivity index (χ0) is 17.2. The second-order valence-electron chi connectivity index (χ2n) is 7.04. The van der Waals surface area contributed by atoms with E-state index in [2.05, 4.69) is 4.90 Å². The highest BCUT2D eigenvalue weighted by Crippen LogP contribution is 2.31. The van der Waals surface area contributed by atoms with Crippen LogP contribution in [-0.4, -0.2) is 74.1 Å². The minimum atomic E-state index is 0.0784. The van der Waals surface area contributed by atoms with Crippen LogP contribution < -0.4 is 4.90 Å². The van der Waals surface area contributed by atoms with Crippen molar-refractivity contribution in [1.82, 2.24) is 9.80 Å². The van der Waals surface area contributed by atoms with Crippen LogP contribution in [0.4, 0.5) is 5.69 Å². The number of amides is 2. The fraction of sp³-hybridized carbons (Fsp3) is 0.579. The molecule has 2 heterocycles. The lowest BCUT2D eigenvalue weighted by Gasteiger charge is -2.36. The van der Waals surface area contributed by atoms with Crippen LogP contribution >= 0.6 is 0 Å². The van der Waals surface area contributed by atoms with Crippen molar-refractivity contribution in [2.75, 3.05) is 57.4 Å². The summed E-state index contributed by atoms with van der Waals surface area (Å²) in [5, 5.41) is 0. The minimum Gasteiger partial charge on any atom is -0.378 e. The summed E-state index contributed by atoms with van der Waals surface area (Å²) in [5.41, 5.74) is 1.85. The van der Waals surface area contributed by atoms with Gasteiger partial charge in [0.05, 0.1) is 13.2 Å². The van der Waals surface area contributed by atoms with Crippen molar-refractivity contribution in [3.63, 3.8) is 0 Å². The summed E-state index contributed by atoms with van der Waals surface area (Å²) in [6.45, 7) is 5.87. The maximum atomic E-state index is 12.5. The highest BCUT2D eigenvalue weighted by molar-refractivity contribution is 5.94. The Bertz CT molecular complexity index is 628. The number of piperazine rings is 1. The van der Waals surface area contributed by atoms with Crippen LogP contribution in [0.1, 0.15) is 23.2 Å². The van der Waals surface area contributed by atoms with E-state index in [1.807, 2.05) is 34.1 Å². The summed E-state index contributed by atoms with van der Waals surface area (Å²) in [4.78, 5) is 30.8. The van der Waals surface area contributed by atoms with Gasteiger partial charge in [-0.1, -0.05) is 0 Å². The minimum absolute atomic E-state index is 0.0784. The lowest BCUT2D eigenvalue weighted by Crippen LogP contribution is -2.49. The third kappa shape index (κ3) is 3.63. The molecule has 0 bridgehead atoms. The van der Waals surface area contributed by atoms with Gasteiger partial charge in [-0.2, -0.15) is 0 Å². The van der Waals surface area contributed by atoms with Crippen LogP contribution in [0.25, 0.3) is 0 Å². The predicted molar refractivity (Wildman–Crippen MR) is 94.7 cm³/mol. The number of carbonyl (C=O) groups excluding carboxylic acids is 2. The van der Waals surface area contributed by atoms with E-state index in [-0.39, 0.29) is 5.91 Å². The number of morpholine rings is 1. The molecule has 2 saturated heterocycles. The van der Waals surface area contributed by atoms with Gasteiger partial charge >= 0.3 is 0 Å². The van der Waals surface area contributed by atoms with Crippen LogP contribution in [0.2, 0.25) is 0 Å². The van der Waals surface area contributed by atoms with Gasteiger partial charge in [-0.3, -0.25) is 9.59 Å². The van der Waals surface area contributed by atoms with Crippen LogP contribution in [-0.2, 0) is 9.53 Å². The standard InChI is InChI=1S/C19H25N3O3/c23-18(15-1-2-15)21-9-7-20(8-10-21)17-5-3-16(4-6-17)19(24)22-11-13-25-14-12-22/h3-6,15H,1-2,7-14H2. The smallest absolute Gasteiger partial charge is 0.254 e. The van der Waals surface area contributed by atoms with Crippen molar-refractivity contribution in [3.8, 4) is 0 Å². The highest BCUT2D eigenvalue weighted by atomic mass is 16.5. The number of anilines is 1. The molecule has 0 aromatic heterocycles. The lowest BCUT2D eigenvalue weighted by atomic mass is 10.1. The monoisotopic (exact) mass is 343 g/mol. The summed E-state index contributed by atoms with van der Waals surface area (Å²) >= 11 is 0. The quantitative estimate of drug-likeness (QED) is 0.828. The topological polar surface area (TPSA) is 53.1 Å². The average molecular weight is 343 g/mol. The number of hydrogen-bond acceptors (Lipinski definition) is 4. The van der Waals surface area contributed by atoms with Gasteiger partial charge in [0.2, 0.25) is 5.91 Å². The van der Waals surface area contributed by atoms with Crippen LogP contribution in [0.5, 0.6) is 0 Å². The van der Waals surface area contributed by atoms with Crippen LogP contribution in [0.15, 0.2) is 24.3 Å². The molecule has 1 aromatic carbocycles. The van der Waals surface area contributed by atoms with Gasteiger partial charge < -0.3 is 19.4 Å². The Kier molecular flexibility index (Phi) is 4.61. The van der Waals surface area contributed by atoms with Crippen molar-refractivity contribution in [1.29, 1.82) is 0 Å². The van der Waals surface area contributed by atoms with Gasteiger partial charge in [0.1, 0.15) is 0 Å². The Balaban J connectivity index is 1.34. The molecule has 0 N–H and O–H groups in total. The summed E-state index contributed by atoms with van der Waals surface area (Å²) < 4.78 is 5.30. The fourth-order valence-corrected chi connectivity index (χ4v) is 3.54. The Morgan fingerprint density at radius 3 is 2.08 bits per heavy atom. The number of ether oxygens (including phenoxy) is 1.